The standard InChI is InChI=1S/2C6H7.C3H6.Ti/c2*1-6-4-2-3-5-6;1-3-2;/h2*2,4H,3H2,1H3;1-2H3;/q2*-1;;+2. The molecule has 0 fully saturated rings. The monoisotopic (exact) mass is 248 g/mol. The van der Waals surface area contributed by atoms with Crippen LogP contribution in [0.2, 0.25) is 0 Å². The quantitative estimate of drug-likeness (QED) is 0.446. The molecule has 0 saturated heterocycles. The molecule has 0 heterocycles. The molecule has 0 aromatic heterocycles. The van der Waals surface area contributed by atoms with Gasteiger partial charge in [0.2, 0.25) is 0 Å². The van der Waals surface area contributed by atoms with Crippen molar-refractivity contribution < 1.29 is 20.0 Å². The van der Waals surface area contributed by atoms with Gasteiger partial charge in [0, 0.05) is 0 Å². The van der Waals surface area contributed by atoms with Crippen molar-refractivity contribution in [1.82, 2.24) is 0 Å². The van der Waals surface area contributed by atoms with E-state index in [1.807, 2.05) is 0 Å². The molecule has 0 unspecified atom stereocenters. The van der Waals surface area contributed by atoms with E-state index in [1.54, 1.807) is 0 Å². The van der Waals surface area contributed by atoms with Crippen molar-refractivity contribution in [3.63, 3.8) is 0 Å². The van der Waals surface area contributed by atoms with Gasteiger partial charge in [0.1, 0.15) is 0 Å². The van der Waals surface area contributed by atoms with Crippen LogP contribution in [-0.2, 0) is 20.0 Å². The topological polar surface area (TPSA) is 0 Å². The molecule has 2 aliphatic carbocycles. The van der Waals surface area contributed by atoms with E-state index in [0.717, 1.165) is 12.8 Å². The van der Waals surface area contributed by atoms with Gasteiger partial charge in [0.05, 0.1) is 0 Å². The van der Waals surface area contributed by atoms with Crippen molar-refractivity contribution in [1.29, 1.82) is 0 Å². The van der Waals surface area contributed by atoms with Crippen molar-refractivity contribution in [3.05, 3.63) is 47.6 Å². The van der Waals surface area contributed by atoms with E-state index in [9.17, 15) is 0 Å². The Kier molecular flexibility index (Phi) is 9.47. The second-order valence-corrected chi connectivity index (χ2v) is 5.49. The predicted octanol–water partition coefficient (Wildman–Crippen LogP) is 4.14. The summed E-state index contributed by atoms with van der Waals surface area (Å²) in [5.41, 5.74) is 2.55. The van der Waals surface area contributed by atoms with Crippen LogP contribution < -0.4 is 0 Å². The van der Waals surface area contributed by atoms with Crippen LogP contribution >= 0.6 is 0 Å². The summed E-state index contributed by atoms with van der Waals surface area (Å²) in [5.74, 6) is 0. The molecule has 0 nitrogen and oxygen atoms in total. The molecule has 0 saturated carbocycles. The number of rotatable bonds is 0. The second kappa shape index (κ2) is 9.75. The molecule has 0 aliphatic heterocycles. The average Bonchev–Trinajstić information content (AvgIpc) is 2.78. The molecule has 2 rings (SSSR count). The normalized spacial score (nSPS) is 15.6. The Balaban J connectivity index is 0.000000217. The van der Waals surface area contributed by atoms with Crippen molar-refractivity contribution in [2.24, 2.45) is 0 Å². The molecule has 0 atom stereocenters. The molecule has 2 aliphatic rings. The van der Waals surface area contributed by atoms with E-state index in [-0.39, 0.29) is 0 Å². The fraction of sp³-hybridized carbons (Fsp3) is 0.400. The van der Waals surface area contributed by atoms with Crippen LogP contribution in [0, 0.1) is 12.2 Å². The first-order valence-electron chi connectivity index (χ1n) is 5.52. The summed E-state index contributed by atoms with van der Waals surface area (Å²) in [6, 6.07) is 0. The van der Waals surface area contributed by atoms with Crippen molar-refractivity contribution >= 4 is 3.81 Å². The maximum atomic E-state index is 3.12. The Labute approximate surface area is 112 Å². The minimum atomic E-state index is 1.02. The van der Waals surface area contributed by atoms with Gasteiger partial charge in [0.15, 0.2) is 0 Å². The zero-order valence-corrected chi connectivity index (χ0v) is 12.3. The Bertz CT molecular complexity index is 290. The number of allylic oxidation sites excluding steroid dienone is 8. The van der Waals surface area contributed by atoms with Gasteiger partial charge in [-0.2, -0.15) is 12.2 Å². The van der Waals surface area contributed by atoms with Crippen LogP contribution in [0.1, 0.15) is 40.5 Å². The fourth-order valence-corrected chi connectivity index (χ4v) is 1.03. The average molecular weight is 248 g/mol. The minimum absolute atomic E-state index is 1.02. The van der Waals surface area contributed by atoms with Crippen LogP contribution in [0.25, 0.3) is 0 Å². The van der Waals surface area contributed by atoms with Crippen LogP contribution in [0.3, 0.4) is 0 Å². The molecule has 84 valence electrons. The zero-order chi connectivity index (χ0) is 12.4. The molecule has 0 aromatic carbocycles. The molecule has 0 amide bonds. The maximum absolute atomic E-state index is 3.12. The first-order chi connectivity index (χ1) is 7.52. The SMILES string of the molecule is CC1=[C-]CC=C1.CC1=[C-]CC=C1.C[C](C)=[Ti+2]. The summed E-state index contributed by atoms with van der Waals surface area (Å²) in [7, 11) is 0. The molecule has 0 N–H and O–H groups in total. The number of hydrogen-bond acceptors (Lipinski definition) is 0. The molecular weight excluding hydrogens is 228 g/mol. The summed E-state index contributed by atoms with van der Waals surface area (Å²) >= 11 is 2.08. The Morgan fingerprint density at radius 2 is 1.31 bits per heavy atom. The summed E-state index contributed by atoms with van der Waals surface area (Å²) in [6.07, 6.45) is 16.7. The molecule has 0 aromatic rings. The zero-order valence-electron chi connectivity index (χ0n) is 10.7. The van der Waals surface area contributed by atoms with Gasteiger partial charge < -0.3 is 0 Å². The van der Waals surface area contributed by atoms with Crippen LogP contribution in [0.5, 0.6) is 0 Å². The number of hydrogen-bond donors (Lipinski definition) is 0. The molecule has 1 heteroatoms. The summed E-state index contributed by atoms with van der Waals surface area (Å²) in [5, 5.41) is 0. The van der Waals surface area contributed by atoms with Crippen molar-refractivity contribution in [3.8, 4) is 0 Å². The van der Waals surface area contributed by atoms with Crippen molar-refractivity contribution in [2.75, 3.05) is 0 Å². The van der Waals surface area contributed by atoms with Crippen LogP contribution in [-0.4, -0.2) is 3.81 Å². The van der Waals surface area contributed by atoms with E-state index < -0.39 is 0 Å². The molecule has 0 radical (unpaired) electrons. The third-order valence-electron chi connectivity index (χ3n) is 1.73. The van der Waals surface area contributed by atoms with E-state index in [1.165, 1.54) is 15.0 Å². The third kappa shape index (κ3) is 11.6. The molecule has 0 bridgehead atoms. The van der Waals surface area contributed by atoms with Gasteiger partial charge in [-0.15, -0.1) is 12.8 Å². The van der Waals surface area contributed by atoms with Gasteiger partial charge in [-0.1, -0.05) is 13.8 Å². The van der Waals surface area contributed by atoms with Crippen LogP contribution in [0.15, 0.2) is 35.5 Å². The van der Waals surface area contributed by atoms with E-state index in [2.05, 4.69) is 84.1 Å². The third-order valence-corrected chi connectivity index (χ3v) is 1.73. The van der Waals surface area contributed by atoms with Gasteiger partial charge in [0.25, 0.3) is 0 Å². The van der Waals surface area contributed by atoms with Crippen LogP contribution in [0.4, 0.5) is 0 Å². The van der Waals surface area contributed by atoms with E-state index >= 15 is 0 Å². The predicted molar refractivity (Wildman–Crippen MR) is 68.7 cm³/mol. The van der Waals surface area contributed by atoms with Gasteiger partial charge in [-0.3, -0.25) is 12.2 Å². The van der Waals surface area contributed by atoms with E-state index in [0.29, 0.717) is 0 Å². The van der Waals surface area contributed by atoms with Crippen molar-refractivity contribution in [2.45, 2.75) is 40.5 Å². The van der Waals surface area contributed by atoms with Gasteiger partial charge in [-0.05, 0) is 0 Å². The second-order valence-electron chi connectivity index (χ2n) is 3.93. The summed E-state index contributed by atoms with van der Waals surface area (Å²) < 4.78 is 1.42. The fourth-order valence-electron chi connectivity index (χ4n) is 1.03. The Morgan fingerprint density at radius 3 is 1.38 bits per heavy atom. The van der Waals surface area contributed by atoms with Gasteiger partial charge >= 0.3 is 37.6 Å². The Hall–Kier alpha value is -0.456. The van der Waals surface area contributed by atoms with E-state index in [4.69, 9.17) is 0 Å². The summed E-state index contributed by atoms with van der Waals surface area (Å²) in [6.45, 7) is 8.28. The molecule has 16 heavy (non-hydrogen) atoms. The summed E-state index contributed by atoms with van der Waals surface area (Å²) in [4.78, 5) is 0. The first kappa shape index (κ1) is 15.5. The molecular formula is C15H20Ti. The Morgan fingerprint density at radius 1 is 1.00 bits per heavy atom. The van der Waals surface area contributed by atoms with Gasteiger partial charge in [-0.25, -0.2) is 23.3 Å². The first-order valence-corrected chi connectivity index (χ1v) is 6.30. The molecule has 0 spiro atoms.